The van der Waals surface area contributed by atoms with Crippen LogP contribution in [0.15, 0.2) is 12.1 Å². The number of benzene rings is 1. The van der Waals surface area contributed by atoms with Crippen LogP contribution in [0.25, 0.3) is 0 Å². The first kappa shape index (κ1) is 13.7. The summed E-state index contributed by atoms with van der Waals surface area (Å²) >= 11 is 0. The number of amides is 1. The summed E-state index contributed by atoms with van der Waals surface area (Å²) < 4.78 is 10.7. The predicted octanol–water partition coefficient (Wildman–Crippen LogP) is 2.43. The molecule has 0 aliphatic heterocycles. The van der Waals surface area contributed by atoms with Crippen molar-refractivity contribution in [1.82, 2.24) is 5.32 Å². The van der Waals surface area contributed by atoms with E-state index in [4.69, 9.17) is 9.47 Å². The molecule has 2 atom stereocenters. The molecule has 104 valence electrons. The van der Waals surface area contributed by atoms with E-state index in [-0.39, 0.29) is 11.8 Å². The smallest absolute Gasteiger partial charge is 0.220 e. The van der Waals surface area contributed by atoms with Gasteiger partial charge in [-0.25, -0.2) is 0 Å². The van der Waals surface area contributed by atoms with Gasteiger partial charge in [-0.05, 0) is 41.5 Å². The van der Waals surface area contributed by atoms with Crippen LogP contribution in [0.3, 0.4) is 0 Å². The minimum absolute atomic E-state index is 0.0832. The van der Waals surface area contributed by atoms with Crippen LogP contribution >= 0.6 is 0 Å². The SMILES string of the molecule is CNC(=O)CC1CC(C)c2cc(OC)c(OC)cc21. The lowest BCUT2D eigenvalue weighted by molar-refractivity contribution is -0.121. The number of rotatable bonds is 4. The van der Waals surface area contributed by atoms with Crippen molar-refractivity contribution < 1.29 is 14.3 Å². The monoisotopic (exact) mass is 263 g/mol. The summed E-state index contributed by atoms with van der Waals surface area (Å²) in [7, 11) is 4.96. The van der Waals surface area contributed by atoms with Gasteiger partial charge in [0.25, 0.3) is 0 Å². The van der Waals surface area contributed by atoms with E-state index in [0.29, 0.717) is 12.3 Å². The van der Waals surface area contributed by atoms with Crippen molar-refractivity contribution in [3.8, 4) is 11.5 Å². The minimum Gasteiger partial charge on any atom is -0.493 e. The van der Waals surface area contributed by atoms with E-state index in [1.807, 2.05) is 12.1 Å². The van der Waals surface area contributed by atoms with Gasteiger partial charge in [-0.3, -0.25) is 4.79 Å². The summed E-state index contributed by atoms with van der Waals surface area (Å²) in [5.41, 5.74) is 2.49. The molecule has 1 aromatic rings. The first-order chi connectivity index (χ1) is 9.10. The number of hydrogen-bond donors (Lipinski definition) is 1. The summed E-state index contributed by atoms with van der Waals surface area (Å²) in [4.78, 5) is 11.6. The fourth-order valence-corrected chi connectivity index (χ4v) is 2.89. The van der Waals surface area contributed by atoms with Gasteiger partial charge in [-0.15, -0.1) is 0 Å². The molecule has 1 N–H and O–H groups in total. The molecule has 0 radical (unpaired) electrons. The summed E-state index contributed by atoms with van der Waals surface area (Å²) in [6, 6.07) is 4.06. The standard InChI is InChI=1S/C15H21NO3/c1-9-5-10(6-15(17)16-2)12-8-14(19-4)13(18-3)7-11(9)12/h7-10H,5-6H2,1-4H3,(H,16,17). The maximum absolute atomic E-state index is 11.6. The van der Waals surface area contributed by atoms with Crippen molar-refractivity contribution in [3.63, 3.8) is 0 Å². The highest BCUT2D eigenvalue weighted by molar-refractivity contribution is 5.77. The quantitative estimate of drug-likeness (QED) is 0.907. The second-order valence-corrected chi connectivity index (χ2v) is 5.05. The van der Waals surface area contributed by atoms with E-state index in [1.165, 1.54) is 11.1 Å². The predicted molar refractivity (Wildman–Crippen MR) is 74.0 cm³/mol. The van der Waals surface area contributed by atoms with Crippen LogP contribution in [0.5, 0.6) is 11.5 Å². The number of hydrogen-bond acceptors (Lipinski definition) is 3. The van der Waals surface area contributed by atoms with Gasteiger partial charge in [0, 0.05) is 13.5 Å². The molecule has 19 heavy (non-hydrogen) atoms. The molecule has 2 rings (SSSR count). The van der Waals surface area contributed by atoms with Crippen molar-refractivity contribution in [2.24, 2.45) is 0 Å². The number of fused-ring (bicyclic) bond motifs is 1. The van der Waals surface area contributed by atoms with E-state index < -0.39 is 0 Å². The molecule has 0 saturated heterocycles. The lowest BCUT2D eigenvalue weighted by Crippen LogP contribution is -2.19. The Morgan fingerprint density at radius 3 is 2.37 bits per heavy atom. The van der Waals surface area contributed by atoms with Gasteiger partial charge in [0.2, 0.25) is 5.91 Å². The van der Waals surface area contributed by atoms with Crippen molar-refractivity contribution in [1.29, 1.82) is 0 Å². The van der Waals surface area contributed by atoms with Crippen molar-refractivity contribution in [2.45, 2.75) is 31.6 Å². The Hall–Kier alpha value is -1.71. The van der Waals surface area contributed by atoms with Gasteiger partial charge >= 0.3 is 0 Å². The zero-order valence-electron chi connectivity index (χ0n) is 11.9. The van der Waals surface area contributed by atoms with Crippen LogP contribution in [0, 0.1) is 0 Å². The van der Waals surface area contributed by atoms with E-state index in [1.54, 1.807) is 21.3 Å². The van der Waals surface area contributed by atoms with Gasteiger partial charge in [0.1, 0.15) is 0 Å². The normalized spacial score (nSPS) is 20.8. The maximum atomic E-state index is 11.6. The molecule has 0 saturated carbocycles. The summed E-state index contributed by atoms with van der Waals surface area (Å²) in [5.74, 6) is 2.29. The lowest BCUT2D eigenvalue weighted by Gasteiger charge is -2.14. The molecular formula is C15H21NO3. The molecule has 0 heterocycles. The topological polar surface area (TPSA) is 47.6 Å². The molecule has 1 aliphatic carbocycles. The third-order valence-electron chi connectivity index (χ3n) is 3.91. The molecule has 4 nitrogen and oxygen atoms in total. The molecule has 0 spiro atoms. The van der Waals surface area contributed by atoms with Crippen LogP contribution in [-0.4, -0.2) is 27.2 Å². The molecule has 0 aromatic heterocycles. The number of nitrogens with one attached hydrogen (secondary N) is 1. The zero-order valence-corrected chi connectivity index (χ0v) is 11.9. The Morgan fingerprint density at radius 1 is 1.26 bits per heavy atom. The summed E-state index contributed by atoms with van der Waals surface area (Å²) in [6.45, 7) is 2.19. The largest absolute Gasteiger partial charge is 0.493 e. The highest BCUT2D eigenvalue weighted by atomic mass is 16.5. The average Bonchev–Trinajstić information content (AvgIpc) is 2.73. The number of carbonyl (C=O) groups is 1. The van der Waals surface area contributed by atoms with Crippen LogP contribution in [0.1, 0.15) is 42.7 Å². The van der Waals surface area contributed by atoms with Gasteiger partial charge in [0.05, 0.1) is 14.2 Å². The van der Waals surface area contributed by atoms with Crippen LogP contribution in [-0.2, 0) is 4.79 Å². The van der Waals surface area contributed by atoms with Gasteiger partial charge in [0.15, 0.2) is 11.5 Å². The van der Waals surface area contributed by atoms with Crippen molar-refractivity contribution >= 4 is 5.91 Å². The van der Waals surface area contributed by atoms with Crippen molar-refractivity contribution in [2.75, 3.05) is 21.3 Å². The van der Waals surface area contributed by atoms with E-state index >= 15 is 0 Å². The van der Waals surface area contributed by atoms with Gasteiger partial charge in [-0.2, -0.15) is 0 Å². The first-order valence-corrected chi connectivity index (χ1v) is 6.57. The second-order valence-electron chi connectivity index (χ2n) is 5.05. The fraction of sp³-hybridized carbons (Fsp3) is 0.533. The van der Waals surface area contributed by atoms with Crippen LogP contribution < -0.4 is 14.8 Å². The second kappa shape index (κ2) is 5.51. The fourth-order valence-electron chi connectivity index (χ4n) is 2.89. The third-order valence-corrected chi connectivity index (χ3v) is 3.91. The molecule has 4 heteroatoms. The maximum Gasteiger partial charge on any atom is 0.220 e. The molecule has 1 amide bonds. The number of carbonyl (C=O) groups excluding carboxylic acids is 1. The van der Waals surface area contributed by atoms with Crippen LogP contribution in [0.2, 0.25) is 0 Å². The Kier molecular flexibility index (Phi) is 3.98. The third kappa shape index (κ3) is 2.53. The highest BCUT2D eigenvalue weighted by Crippen LogP contribution is 2.47. The Balaban J connectivity index is 2.37. The van der Waals surface area contributed by atoms with E-state index in [9.17, 15) is 4.79 Å². The van der Waals surface area contributed by atoms with Gasteiger partial charge in [-0.1, -0.05) is 6.92 Å². The Morgan fingerprint density at radius 2 is 1.84 bits per heavy atom. The van der Waals surface area contributed by atoms with Crippen LogP contribution in [0.4, 0.5) is 0 Å². The van der Waals surface area contributed by atoms with Gasteiger partial charge < -0.3 is 14.8 Å². The molecule has 0 fully saturated rings. The number of ether oxygens (including phenoxy) is 2. The first-order valence-electron chi connectivity index (χ1n) is 6.57. The highest BCUT2D eigenvalue weighted by Gasteiger charge is 2.31. The molecule has 1 aliphatic rings. The summed E-state index contributed by atoms with van der Waals surface area (Å²) in [6.07, 6.45) is 1.53. The van der Waals surface area contributed by atoms with Crippen molar-refractivity contribution in [3.05, 3.63) is 23.3 Å². The zero-order chi connectivity index (χ0) is 14.0. The Bertz CT molecular complexity index is 485. The number of methoxy groups -OCH3 is 2. The lowest BCUT2D eigenvalue weighted by atomic mass is 9.97. The molecule has 1 aromatic carbocycles. The minimum atomic E-state index is 0.0832. The molecule has 2 unspecified atom stereocenters. The Labute approximate surface area is 114 Å². The van der Waals surface area contributed by atoms with E-state index in [0.717, 1.165) is 17.9 Å². The average molecular weight is 263 g/mol. The summed E-state index contributed by atoms with van der Waals surface area (Å²) in [5, 5.41) is 2.69. The van der Waals surface area contributed by atoms with E-state index in [2.05, 4.69) is 12.2 Å². The molecule has 0 bridgehead atoms. The molecular weight excluding hydrogens is 242 g/mol.